The normalized spacial score (nSPS) is 25.9. The first-order valence-corrected chi connectivity index (χ1v) is 4.70. The Bertz CT molecular complexity index is 199. The van der Waals surface area contributed by atoms with Crippen molar-refractivity contribution < 1.29 is 9.90 Å². The largest absolute Gasteiger partial charge is 0.387 e. The van der Waals surface area contributed by atoms with Crippen LogP contribution in [0.3, 0.4) is 0 Å². The molecular formula is C9H15NO2. The van der Waals surface area contributed by atoms with E-state index in [1.54, 1.807) is 0 Å². The van der Waals surface area contributed by atoms with Gasteiger partial charge in [0.05, 0.1) is 0 Å². The molecule has 1 spiro atoms. The third-order valence-corrected chi connectivity index (χ3v) is 3.32. The molecule has 1 aliphatic carbocycles. The van der Waals surface area contributed by atoms with Crippen molar-refractivity contribution in [3.63, 3.8) is 0 Å². The van der Waals surface area contributed by atoms with E-state index >= 15 is 0 Å². The van der Waals surface area contributed by atoms with E-state index in [-0.39, 0.29) is 18.1 Å². The number of likely N-dealkylation sites (tertiary alicyclic amines) is 1. The molecule has 2 rings (SSSR count). The van der Waals surface area contributed by atoms with Crippen molar-refractivity contribution in [1.82, 2.24) is 4.90 Å². The molecule has 0 bridgehead atoms. The number of aliphatic hydroxyl groups excluding tert-OH is 1. The Morgan fingerprint density at radius 2 is 2.00 bits per heavy atom. The number of aliphatic hydroxyl groups is 1. The van der Waals surface area contributed by atoms with E-state index in [0.29, 0.717) is 0 Å². The second kappa shape index (κ2) is 2.73. The Kier molecular flexibility index (Phi) is 1.83. The fraction of sp³-hybridized carbons (Fsp3) is 0.889. The highest BCUT2D eigenvalue weighted by Gasteiger charge is 2.47. The molecule has 0 aromatic rings. The van der Waals surface area contributed by atoms with E-state index in [1.807, 2.05) is 4.90 Å². The SMILES string of the molecule is O=C(CO)N1CCCC12CCC2. The van der Waals surface area contributed by atoms with E-state index < -0.39 is 0 Å². The van der Waals surface area contributed by atoms with Crippen LogP contribution >= 0.6 is 0 Å². The Balaban J connectivity index is 2.09. The van der Waals surface area contributed by atoms with E-state index in [9.17, 15) is 4.79 Å². The van der Waals surface area contributed by atoms with Crippen LogP contribution < -0.4 is 0 Å². The van der Waals surface area contributed by atoms with Gasteiger partial charge in [0, 0.05) is 12.1 Å². The van der Waals surface area contributed by atoms with Gasteiger partial charge in [-0.15, -0.1) is 0 Å². The zero-order chi connectivity index (χ0) is 8.60. The van der Waals surface area contributed by atoms with E-state index in [2.05, 4.69) is 0 Å². The molecule has 0 aromatic heterocycles. The van der Waals surface area contributed by atoms with Gasteiger partial charge in [0.1, 0.15) is 6.61 Å². The minimum atomic E-state index is -0.318. The number of hydrogen-bond acceptors (Lipinski definition) is 2. The van der Waals surface area contributed by atoms with Crippen LogP contribution in [-0.2, 0) is 4.79 Å². The Morgan fingerprint density at radius 3 is 2.50 bits per heavy atom. The van der Waals surface area contributed by atoms with Gasteiger partial charge in [0.15, 0.2) is 0 Å². The molecule has 3 heteroatoms. The molecule has 3 nitrogen and oxygen atoms in total. The standard InChI is InChI=1S/C9H15NO2/c11-7-8(12)10-6-2-5-9(10)3-1-4-9/h11H,1-7H2. The number of hydrogen-bond donors (Lipinski definition) is 1. The highest BCUT2D eigenvalue weighted by Crippen LogP contribution is 2.45. The zero-order valence-corrected chi connectivity index (χ0v) is 7.25. The highest BCUT2D eigenvalue weighted by atomic mass is 16.3. The molecule has 1 aliphatic heterocycles. The predicted octanol–water partition coefficient (Wildman–Crippen LogP) is 0.524. The molecule has 1 heterocycles. The number of carbonyl (C=O) groups is 1. The lowest BCUT2D eigenvalue weighted by Crippen LogP contribution is -2.52. The van der Waals surface area contributed by atoms with Gasteiger partial charge in [-0.2, -0.15) is 0 Å². The summed E-state index contributed by atoms with van der Waals surface area (Å²) in [5.74, 6) is -0.0767. The molecule has 0 aromatic carbocycles. The molecule has 12 heavy (non-hydrogen) atoms. The van der Waals surface area contributed by atoms with Gasteiger partial charge in [0.2, 0.25) is 5.91 Å². The van der Waals surface area contributed by atoms with Crippen molar-refractivity contribution in [2.24, 2.45) is 0 Å². The first kappa shape index (κ1) is 8.05. The second-order valence-electron chi connectivity index (χ2n) is 3.88. The molecule has 2 aliphatic rings. The molecule has 1 saturated heterocycles. The molecule has 1 amide bonds. The quantitative estimate of drug-likeness (QED) is 0.621. The van der Waals surface area contributed by atoms with Crippen molar-refractivity contribution in [1.29, 1.82) is 0 Å². The summed E-state index contributed by atoms with van der Waals surface area (Å²) in [6.07, 6.45) is 5.82. The van der Waals surface area contributed by atoms with E-state index in [1.165, 1.54) is 6.42 Å². The van der Waals surface area contributed by atoms with Gasteiger partial charge in [-0.1, -0.05) is 0 Å². The van der Waals surface area contributed by atoms with Crippen LogP contribution in [0.4, 0.5) is 0 Å². The number of rotatable bonds is 1. The summed E-state index contributed by atoms with van der Waals surface area (Å²) < 4.78 is 0. The number of amides is 1. The second-order valence-corrected chi connectivity index (χ2v) is 3.88. The Morgan fingerprint density at radius 1 is 1.33 bits per heavy atom. The first-order valence-electron chi connectivity index (χ1n) is 4.70. The maximum absolute atomic E-state index is 11.3. The van der Waals surface area contributed by atoms with Gasteiger partial charge in [-0.05, 0) is 32.1 Å². The smallest absolute Gasteiger partial charge is 0.248 e. The average Bonchev–Trinajstić information content (AvgIpc) is 2.45. The average molecular weight is 169 g/mol. The fourth-order valence-electron chi connectivity index (χ4n) is 2.52. The zero-order valence-electron chi connectivity index (χ0n) is 7.25. The molecule has 0 unspecified atom stereocenters. The molecular weight excluding hydrogens is 154 g/mol. The van der Waals surface area contributed by atoms with Crippen LogP contribution in [-0.4, -0.2) is 34.6 Å². The summed E-state index contributed by atoms with van der Waals surface area (Å²) in [4.78, 5) is 13.2. The minimum Gasteiger partial charge on any atom is -0.387 e. The van der Waals surface area contributed by atoms with Crippen LogP contribution in [0, 0.1) is 0 Å². The third-order valence-electron chi connectivity index (χ3n) is 3.32. The van der Waals surface area contributed by atoms with Crippen LogP contribution in [0.5, 0.6) is 0 Å². The number of carbonyl (C=O) groups excluding carboxylic acids is 1. The van der Waals surface area contributed by atoms with Crippen molar-refractivity contribution in [3.8, 4) is 0 Å². The molecule has 1 saturated carbocycles. The van der Waals surface area contributed by atoms with E-state index in [0.717, 1.165) is 32.2 Å². The lowest BCUT2D eigenvalue weighted by molar-refractivity contribution is -0.141. The first-order chi connectivity index (χ1) is 5.78. The summed E-state index contributed by atoms with van der Waals surface area (Å²) in [6.45, 7) is 0.543. The van der Waals surface area contributed by atoms with E-state index in [4.69, 9.17) is 5.11 Å². The minimum absolute atomic E-state index is 0.0767. The van der Waals surface area contributed by atoms with Gasteiger partial charge in [-0.25, -0.2) is 0 Å². The lowest BCUT2D eigenvalue weighted by atomic mass is 9.75. The Labute approximate surface area is 72.4 Å². The monoisotopic (exact) mass is 169 g/mol. The van der Waals surface area contributed by atoms with Crippen molar-refractivity contribution in [2.75, 3.05) is 13.2 Å². The summed E-state index contributed by atoms with van der Waals surface area (Å²) in [6, 6.07) is 0. The molecule has 1 N–H and O–H groups in total. The van der Waals surface area contributed by atoms with Gasteiger partial charge in [0.25, 0.3) is 0 Å². The highest BCUT2D eigenvalue weighted by molar-refractivity contribution is 5.78. The van der Waals surface area contributed by atoms with Gasteiger partial charge >= 0.3 is 0 Å². The van der Waals surface area contributed by atoms with Gasteiger partial charge in [-0.3, -0.25) is 4.79 Å². The fourth-order valence-corrected chi connectivity index (χ4v) is 2.52. The third kappa shape index (κ3) is 0.959. The van der Waals surface area contributed by atoms with Crippen molar-refractivity contribution in [2.45, 2.75) is 37.6 Å². The Hall–Kier alpha value is -0.570. The molecule has 68 valence electrons. The van der Waals surface area contributed by atoms with Crippen LogP contribution in [0.1, 0.15) is 32.1 Å². The van der Waals surface area contributed by atoms with Gasteiger partial charge < -0.3 is 10.0 Å². The van der Waals surface area contributed by atoms with Crippen LogP contribution in [0.15, 0.2) is 0 Å². The summed E-state index contributed by atoms with van der Waals surface area (Å²) in [7, 11) is 0. The predicted molar refractivity (Wildman–Crippen MR) is 44.6 cm³/mol. The maximum atomic E-state index is 11.3. The topological polar surface area (TPSA) is 40.5 Å². The molecule has 0 radical (unpaired) electrons. The maximum Gasteiger partial charge on any atom is 0.248 e. The molecule has 2 fully saturated rings. The van der Waals surface area contributed by atoms with Crippen molar-refractivity contribution >= 4 is 5.91 Å². The summed E-state index contributed by atoms with van der Waals surface area (Å²) in [5, 5.41) is 8.76. The number of nitrogens with zero attached hydrogens (tertiary/aromatic N) is 1. The van der Waals surface area contributed by atoms with Crippen molar-refractivity contribution in [3.05, 3.63) is 0 Å². The summed E-state index contributed by atoms with van der Waals surface area (Å²) >= 11 is 0. The summed E-state index contributed by atoms with van der Waals surface area (Å²) in [5.41, 5.74) is 0.180. The molecule has 0 atom stereocenters. The van der Waals surface area contributed by atoms with Crippen LogP contribution in [0.25, 0.3) is 0 Å². The lowest BCUT2D eigenvalue weighted by Gasteiger charge is -2.45. The van der Waals surface area contributed by atoms with Crippen LogP contribution in [0.2, 0.25) is 0 Å².